The second-order valence-electron chi connectivity index (χ2n) is 8.29. The van der Waals surface area contributed by atoms with E-state index >= 15 is 0 Å². The van der Waals surface area contributed by atoms with Crippen LogP contribution in [0.2, 0.25) is 0 Å². The lowest BCUT2D eigenvalue weighted by molar-refractivity contribution is -0.133. The number of ether oxygens (including phenoxy) is 1. The molecule has 176 valence electrons. The van der Waals surface area contributed by atoms with Crippen LogP contribution >= 0.6 is 0 Å². The molecule has 1 N–H and O–H groups in total. The van der Waals surface area contributed by atoms with Gasteiger partial charge in [0, 0.05) is 38.2 Å². The molecule has 0 saturated carbocycles. The number of carbonyl (C=O) groups excluding carboxylic acids is 2. The van der Waals surface area contributed by atoms with Crippen molar-refractivity contribution in [3.63, 3.8) is 0 Å². The maximum absolute atomic E-state index is 13.6. The van der Waals surface area contributed by atoms with Crippen LogP contribution in [0.1, 0.15) is 22.8 Å². The van der Waals surface area contributed by atoms with Gasteiger partial charge in [-0.15, -0.1) is 0 Å². The molecule has 0 bridgehead atoms. The van der Waals surface area contributed by atoms with Crippen molar-refractivity contribution in [3.8, 4) is 5.75 Å². The third-order valence-corrected chi connectivity index (χ3v) is 6.02. The minimum Gasteiger partial charge on any atom is -0.492 e. The summed E-state index contributed by atoms with van der Waals surface area (Å²) in [4.78, 5) is 30.5. The molecular weight excluding hydrogens is 426 g/mol. The first-order valence-electron chi connectivity index (χ1n) is 11.8. The van der Waals surface area contributed by atoms with E-state index in [4.69, 9.17) is 4.74 Å². The highest BCUT2D eigenvalue weighted by Gasteiger charge is 2.29. The molecule has 6 nitrogen and oxygen atoms in total. The summed E-state index contributed by atoms with van der Waals surface area (Å²) < 4.78 is 5.79. The third kappa shape index (κ3) is 5.76. The molecule has 1 saturated heterocycles. The van der Waals surface area contributed by atoms with E-state index in [-0.39, 0.29) is 11.8 Å². The Bertz CT molecular complexity index is 1080. The van der Waals surface area contributed by atoms with E-state index in [1.165, 1.54) is 0 Å². The molecule has 0 unspecified atom stereocenters. The summed E-state index contributed by atoms with van der Waals surface area (Å²) in [5, 5.41) is 2.98. The Labute approximate surface area is 201 Å². The van der Waals surface area contributed by atoms with E-state index in [0.717, 1.165) is 17.0 Å². The van der Waals surface area contributed by atoms with E-state index in [2.05, 4.69) is 16.3 Å². The molecule has 1 aliphatic rings. The minimum atomic E-state index is -0.627. The van der Waals surface area contributed by atoms with E-state index in [9.17, 15) is 9.59 Å². The van der Waals surface area contributed by atoms with Crippen LogP contribution in [0.25, 0.3) is 0 Å². The Morgan fingerprint density at radius 1 is 0.853 bits per heavy atom. The van der Waals surface area contributed by atoms with Gasteiger partial charge in [0.1, 0.15) is 11.8 Å². The van der Waals surface area contributed by atoms with Crippen LogP contribution in [0.3, 0.4) is 0 Å². The van der Waals surface area contributed by atoms with Gasteiger partial charge in [-0.25, -0.2) is 0 Å². The average molecular weight is 458 g/mol. The molecule has 1 heterocycles. The van der Waals surface area contributed by atoms with E-state index in [0.29, 0.717) is 44.8 Å². The molecule has 0 radical (unpaired) electrons. The number of hydrogen-bond acceptors (Lipinski definition) is 4. The topological polar surface area (TPSA) is 61.9 Å². The van der Waals surface area contributed by atoms with Gasteiger partial charge in [0.2, 0.25) is 5.91 Å². The van der Waals surface area contributed by atoms with Crippen LogP contribution in [-0.4, -0.2) is 55.5 Å². The van der Waals surface area contributed by atoms with E-state index in [1.54, 1.807) is 12.1 Å². The molecule has 2 amide bonds. The molecule has 0 spiro atoms. The summed E-state index contributed by atoms with van der Waals surface area (Å²) in [6, 6.07) is 26.2. The molecular formula is C28H31N3O3. The van der Waals surface area contributed by atoms with Crippen molar-refractivity contribution in [2.24, 2.45) is 0 Å². The van der Waals surface area contributed by atoms with Gasteiger partial charge in [-0.05, 0) is 36.8 Å². The minimum absolute atomic E-state index is 0.0501. The standard InChI is InChI=1S/C28H31N3O3/c1-2-34-26-16-10-9-15-25(26)30-17-19-31(20-18-30)28(33)24(21-22-11-5-3-6-12-22)29-27(32)23-13-7-4-8-14-23/h3-16,24H,2,17-21H2,1H3,(H,29,32)/t24-/m1/s1. The lowest BCUT2D eigenvalue weighted by atomic mass is 10.0. The van der Waals surface area contributed by atoms with Gasteiger partial charge in [0.05, 0.1) is 12.3 Å². The number of nitrogens with zero attached hydrogens (tertiary/aromatic N) is 2. The van der Waals surface area contributed by atoms with Gasteiger partial charge >= 0.3 is 0 Å². The van der Waals surface area contributed by atoms with Crippen molar-refractivity contribution in [1.29, 1.82) is 0 Å². The highest BCUT2D eigenvalue weighted by molar-refractivity contribution is 5.97. The molecule has 0 aliphatic carbocycles. The van der Waals surface area contributed by atoms with E-state index < -0.39 is 6.04 Å². The normalized spacial score (nSPS) is 14.4. The summed E-state index contributed by atoms with van der Waals surface area (Å²) >= 11 is 0. The second kappa shape index (κ2) is 11.4. The monoisotopic (exact) mass is 457 g/mol. The number of hydrogen-bond donors (Lipinski definition) is 1. The first-order valence-corrected chi connectivity index (χ1v) is 11.8. The van der Waals surface area contributed by atoms with Crippen LogP contribution in [0.15, 0.2) is 84.9 Å². The molecule has 3 aromatic rings. The number of rotatable bonds is 8. The van der Waals surface area contributed by atoms with Gasteiger partial charge in [0.15, 0.2) is 0 Å². The van der Waals surface area contributed by atoms with Crippen molar-refractivity contribution in [2.75, 3.05) is 37.7 Å². The predicted molar refractivity (Wildman–Crippen MR) is 134 cm³/mol. The molecule has 1 aliphatic heterocycles. The zero-order chi connectivity index (χ0) is 23.8. The van der Waals surface area contributed by atoms with Crippen molar-refractivity contribution in [2.45, 2.75) is 19.4 Å². The predicted octanol–water partition coefficient (Wildman–Crippen LogP) is 3.78. The van der Waals surface area contributed by atoms with Gasteiger partial charge < -0.3 is 19.9 Å². The van der Waals surface area contributed by atoms with Crippen molar-refractivity contribution in [1.82, 2.24) is 10.2 Å². The Kier molecular flexibility index (Phi) is 7.81. The fourth-order valence-electron chi connectivity index (χ4n) is 4.27. The molecule has 1 fully saturated rings. The third-order valence-electron chi connectivity index (χ3n) is 6.02. The second-order valence-corrected chi connectivity index (χ2v) is 8.29. The first kappa shape index (κ1) is 23.4. The van der Waals surface area contributed by atoms with Gasteiger partial charge in [0.25, 0.3) is 5.91 Å². The Morgan fingerprint density at radius 3 is 2.15 bits per heavy atom. The largest absolute Gasteiger partial charge is 0.492 e. The maximum Gasteiger partial charge on any atom is 0.251 e. The molecule has 34 heavy (non-hydrogen) atoms. The lowest BCUT2D eigenvalue weighted by Gasteiger charge is -2.38. The number of carbonyl (C=O) groups is 2. The zero-order valence-electron chi connectivity index (χ0n) is 19.5. The van der Waals surface area contributed by atoms with Gasteiger partial charge in [-0.1, -0.05) is 60.7 Å². The van der Waals surface area contributed by atoms with Crippen molar-refractivity contribution >= 4 is 17.5 Å². The van der Waals surface area contributed by atoms with Crippen molar-refractivity contribution in [3.05, 3.63) is 96.1 Å². The summed E-state index contributed by atoms with van der Waals surface area (Å²) in [6.45, 7) is 5.18. The summed E-state index contributed by atoms with van der Waals surface area (Å²) in [5.74, 6) is 0.576. The lowest BCUT2D eigenvalue weighted by Crippen LogP contribution is -2.55. The molecule has 6 heteroatoms. The summed E-state index contributed by atoms with van der Waals surface area (Å²) in [5.41, 5.74) is 2.61. The number of para-hydroxylation sites is 2. The summed E-state index contributed by atoms with van der Waals surface area (Å²) in [7, 11) is 0. The average Bonchev–Trinajstić information content (AvgIpc) is 2.89. The molecule has 1 atom stereocenters. The Hall–Kier alpha value is -3.80. The zero-order valence-corrected chi connectivity index (χ0v) is 19.5. The van der Waals surface area contributed by atoms with E-state index in [1.807, 2.05) is 78.6 Å². The summed E-state index contributed by atoms with van der Waals surface area (Å²) in [6.07, 6.45) is 0.450. The Morgan fingerprint density at radius 2 is 1.47 bits per heavy atom. The van der Waals surface area contributed by atoms with Crippen LogP contribution < -0.4 is 15.0 Å². The van der Waals surface area contributed by atoms with Gasteiger partial charge in [-0.2, -0.15) is 0 Å². The maximum atomic E-state index is 13.6. The van der Waals surface area contributed by atoms with Crippen LogP contribution in [0.4, 0.5) is 5.69 Å². The number of amides is 2. The van der Waals surface area contributed by atoms with Crippen LogP contribution in [0.5, 0.6) is 5.75 Å². The smallest absolute Gasteiger partial charge is 0.251 e. The van der Waals surface area contributed by atoms with Gasteiger partial charge in [-0.3, -0.25) is 9.59 Å². The number of piperazine rings is 1. The molecule has 3 aromatic carbocycles. The molecule has 4 rings (SSSR count). The number of benzene rings is 3. The molecule has 0 aromatic heterocycles. The van der Waals surface area contributed by atoms with Crippen LogP contribution in [0, 0.1) is 0 Å². The fourth-order valence-corrected chi connectivity index (χ4v) is 4.27. The first-order chi connectivity index (χ1) is 16.7. The fraction of sp³-hybridized carbons (Fsp3) is 0.286. The Balaban J connectivity index is 1.45. The highest BCUT2D eigenvalue weighted by atomic mass is 16.5. The van der Waals surface area contributed by atoms with Crippen LogP contribution in [-0.2, 0) is 11.2 Å². The highest BCUT2D eigenvalue weighted by Crippen LogP contribution is 2.29. The quantitative estimate of drug-likeness (QED) is 0.559. The SMILES string of the molecule is CCOc1ccccc1N1CCN(C(=O)[C@@H](Cc2ccccc2)NC(=O)c2ccccc2)CC1. The van der Waals surface area contributed by atoms with Crippen molar-refractivity contribution < 1.29 is 14.3 Å². The number of nitrogens with one attached hydrogen (secondary N) is 1. The number of anilines is 1.